The first-order valence-corrected chi connectivity index (χ1v) is 10.0. The highest BCUT2D eigenvalue weighted by Gasteiger charge is 2.16. The summed E-state index contributed by atoms with van der Waals surface area (Å²) < 4.78 is 1.76. The van der Waals surface area contributed by atoms with Crippen molar-refractivity contribution < 1.29 is 0 Å². The zero-order valence-electron chi connectivity index (χ0n) is 14.6. The van der Waals surface area contributed by atoms with Gasteiger partial charge < -0.3 is 0 Å². The third kappa shape index (κ3) is 2.87. The number of fused-ring (bicyclic) bond motifs is 2. The van der Waals surface area contributed by atoms with E-state index in [9.17, 15) is 0 Å². The predicted octanol–water partition coefficient (Wildman–Crippen LogP) is 4.56. The molecule has 8 heteroatoms. The van der Waals surface area contributed by atoms with Crippen molar-refractivity contribution in [2.24, 2.45) is 0 Å². The second-order valence-electron chi connectivity index (χ2n) is 6.12. The SMILES string of the molecule is Cc1cc(C)n2nc(Sc3ncnc4scc(-c5ccccc5)c34)nc2n1. The van der Waals surface area contributed by atoms with Crippen molar-refractivity contribution in [1.82, 2.24) is 29.5 Å². The molecule has 0 unspecified atom stereocenters. The molecule has 5 aromatic rings. The lowest BCUT2D eigenvalue weighted by Gasteiger charge is -2.03. The number of hydrogen-bond donors (Lipinski definition) is 0. The quantitative estimate of drug-likeness (QED) is 0.421. The molecule has 0 aliphatic rings. The van der Waals surface area contributed by atoms with E-state index in [0.29, 0.717) is 10.9 Å². The van der Waals surface area contributed by atoms with Gasteiger partial charge in [0.2, 0.25) is 5.16 Å². The Morgan fingerprint density at radius 1 is 1.04 bits per heavy atom. The number of rotatable bonds is 3. The van der Waals surface area contributed by atoms with E-state index in [0.717, 1.165) is 37.8 Å². The molecule has 4 aromatic heterocycles. The Bertz CT molecular complexity index is 1280. The van der Waals surface area contributed by atoms with Gasteiger partial charge in [-0.1, -0.05) is 30.3 Å². The Hall–Kier alpha value is -2.84. The van der Waals surface area contributed by atoms with E-state index in [1.165, 1.54) is 11.8 Å². The second kappa shape index (κ2) is 6.40. The van der Waals surface area contributed by atoms with E-state index in [1.807, 2.05) is 38.1 Å². The smallest absolute Gasteiger partial charge is 0.229 e. The molecule has 0 N–H and O–H groups in total. The molecule has 5 rings (SSSR count). The number of benzene rings is 1. The Labute approximate surface area is 163 Å². The van der Waals surface area contributed by atoms with Gasteiger partial charge in [0, 0.05) is 22.3 Å². The lowest BCUT2D eigenvalue weighted by Crippen LogP contribution is -1.97. The predicted molar refractivity (Wildman–Crippen MR) is 107 cm³/mol. The highest BCUT2D eigenvalue weighted by molar-refractivity contribution is 7.99. The van der Waals surface area contributed by atoms with Crippen molar-refractivity contribution in [1.29, 1.82) is 0 Å². The summed E-state index contributed by atoms with van der Waals surface area (Å²) in [6.45, 7) is 3.96. The topological polar surface area (TPSA) is 68.9 Å². The van der Waals surface area contributed by atoms with Crippen LogP contribution >= 0.6 is 23.1 Å². The molecule has 0 fully saturated rings. The standard InChI is InChI=1S/C19H14N6S2/c1-11-8-12(2)25-18(22-11)23-19(24-25)27-17-15-14(13-6-4-3-5-7-13)9-26-16(15)20-10-21-17/h3-10H,1-2H3. The molecule has 0 aliphatic heterocycles. The molecule has 0 amide bonds. The average molecular weight is 390 g/mol. The van der Waals surface area contributed by atoms with Crippen LogP contribution in [0.5, 0.6) is 0 Å². The third-order valence-electron chi connectivity index (χ3n) is 4.21. The molecule has 0 aliphatic carbocycles. The molecule has 27 heavy (non-hydrogen) atoms. The Morgan fingerprint density at radius 2 is 1.89 bits per heavy atom. The molecular weight excluding hydrogens is 376 g/mol. The maximum atomic E-state index is 4.59. The molecule has 4 heterocycles. The molecular formula is C19H14N6S2. The van der Waals surface area contributed by atoms with Crippen LogP contribution in [0, 0.1) is 13.8 Å². The van der Waals surface area contributed by atoms with Gasteiger partial charge in [-0.3, -0.25) is 0 Å². The second-order valence-corrected chi connectivity index (χ2v) is 7.94. The minimum absolute atomic E-state index is 0.605. The molecule has 0 bridgehead atoms. The molecule has 132 valence electrons. The first-order chi connectivity index (χ1) is 13.2. The normalized spacial score (nSPS) is 11.5. The van der Waals surface area contributed by atoms with E-state index >= 15 is 0 Å². The van der Waals surface area contributed by atoms with Gasteiger partial charge in [-0.25, -0.2) is 19.5 Å². The number of thiophene rings is 1. The van der Waals surface area contributed by atoms with E-state index in [2.05, 4.69) is 42.5 Å². The van der Waals surface area contributed by atoms with Crippen LogP contribution in [0.2, 0.25) is 0 Å². The third-order valence-corrected chi connectivity index (χ3v) is 5.95. The number of aryl methyl sites for hydroxylation is 2. The van der Waals surface area contributed by atoms with Gasteiger partial charge in [-0.15, -0.1) is 16.4 Å². The van der Waals surface area contributed by atoms with Gasteiger partial charge in [0.1, 0.15) is 16.2 Å². The lowest BCUT2D eigenvalue weighted by molar-refractivity contribution is 0.842. The summed E-state index contributed by atoms with van der Waals surface area (Å²) in [4.78, 5) is 18.9. The molecule has 0 radical (unpaired) electrons. The van der Waals surface area contributed by atoms with Crippen LogP contribution in [0.15, 0.2) is 58.3 Å². The van der Waals surface area contributed by atoms with Crippen molar-refractivity contribution in [2.45, 2.75) is 24.0 Å². The van der Waals surface area contributed by atoms with Gasteiger partial charge in [0.25, 0.3) is 5.78 Å². The maximum Gasteiger partial charge on any atom is 0.253 e. The summed E-state index contributed by atoms with van der Waals surface area (Å²) in [7, 11) is 0. The van der Waals surface area contributed by atoms with Crippen LogP contribution in [-0.4, -0.2) is 29.5 Å². The summed E-state index contributed by atoms with van der Waals surface area (Å²) in [6, 6.07) is 12.3. The summed E-state index contributed by atoms with van der Waals surface area (Å²) in [6.07, 6.45) is 1.60. The van der Waals surface area contributed by atoms with Gasteiger partial charge in [-0.2, -0.15) is 4.98 Å². The van der Waals surface area contributed by atoms with Crippen molar-refractivity contribution in [3.8, 4) is 11.1 Å². The number of aromatic nitrogens is 6. The maximum absolute atomic E-state index is 4.59. The lowest BCUT2D eigenvalue weighted by atomic mass is 10.1. The van der Waals surface area contributed by atoms with Crippen LogP contribution in [-0.2, 0) is 0 Å². The van der Waals surface area contributed by atoms with E-state index in [4.69, 9.17) is 0 Å². The van der Waals surface area contributed by atoms with Gasteiger partial charge in [0.15, 0.2) is 0 Å². The fourth-order valence-corrected chi connectivity index (χ4v) is 4.84. The van der Waals surface area contributed by atoms with Crippen molar-refractivity contribution in [3.63, 3.8) is 0 Å². The van der Waals surface area contributed by atoms with Crippen LogP contribution in [0.25, 0.3) is 27.1 Å². The Kier molecular flexibility index (Phi) is 3.87. The fraction of sp³-hybridized carbons (Fsp3) is 0.105. The van der Waals surface area contributed by atoms with Crippen molar-refractivity contribution >= 4 is 39.1 Å². The van der Waals surface area contributed by atoms with Crippen LogP contribution < -0.4 is 0 Å². The van der Waals surface area contributed by atoms with Crippen LogP contribution in [0.3, 0.4) is 0 Å². The number of hydrogen-bond acceptors (Lipinski definition) is 7. The molecule has 0 saturated carbocycles. The average Bonchev–Trinajstić information content (AvgIpc) is 3.27. The molecule has 0 spiro atoms. The molecule has 0 atom stereocenters. The summed E-state index contributed by atoms with van der Waals surface area (Å²) in [5, 5.41) is 9.24. The molecule has 0 saturated heterocycles. The molecule has 1 aromatic carbocycles. The Balaban J connectivity index is 1.64. The van der Waals surface area contributed by atoms with Crippen LogP contribution in [0.4, 0.5) is 0 Å². The van der Waals surface area contributed by atoms with E-state index in [1.54, 1.807) is 22.2 Å². The minimum Gasteiger partial charge on any atom is -0.229 e. The fourth-order valence-electron chi connectivity index (χ4n) is 3.03. The Morgan fingerprint density at radius 3 is 2.74 bits per heavy atom. The monoisotopic (exact) mass is 390 g/mol. The molecule has 6 nitrogen and oxygen atoms in total. The summed E-state index contributed by atoms with van der Waals surface area (Å²) in [5.41, 5.74) is 4.21. The summed E-state index contributed by atoms with van der Waals surface area (Å²) >= 11 is 3.06. The summed E-state index contributed by atoms with van der Waals surface area (Å²) in [5.74, 6) is 0.605. The highest BCUT2D eigenvalue weighted by Crippen LogP contribution is 2.39. The van der Waals surface area contributed by atoms with Crippen LogP contribution in [0.1, 0.15) is 11.4 Å². The van der Waals surface area contributed by atoms with E-state index in [-0.39, 0.29) is 0 Å². The van der Waals surface area contributed by atoms with Gasteiger partial charge >= 0.3 is 0 Å². The first-order valence-electron chi connectivity index (χ1n) is 8.35. The zero-order valence-corrected chi connectivity index (χ0v) is 16.3. The highest BCUT2D eigenvalue weighted by atomic mass is 32.2. The largest absolute Gasteiger partial charge is 0.253 e. The van der Waals surface area contributed by atoms with Crippen molar-refractivity contribution in [3.05, 3.63) is 59.5 Å². The zero-order chi connectivity index (χ0) is 18.4. The van der Waals surface area contributed by atoms with E-state index < -0.39 is 0 Å². The minimum atomic E-state index is 0.605. The first kappa shape index (κ1) is 16.3. The van der Waals surface area contributed by atoms with Gasteiger partial charge in [0.05, 0.1) is 5.39 Å². The van der Waals surface area contributed by atoms with Crippen molar-refractivity contribution in [2.75, 3.05) is 0 Å². The number of nitrogens with zero attached hydrogens (tertiary/aromatic N) is 6. The van der Waals surface area contributed by atoms with Gasteiger partial charge in [-0.05, 0) is 37.2 Å².